The van der Waals surface area contributed by atoms with Gasteiger partial charge < -0.3 is 0 Å². The molecular weight excluding hydrogens is 205 g/mol. The summed E-state index contributed by atoms with van der Waals surface area (Å²) in [6.07, 6.45) is 4.18. The van der Waals surface area contributed by atoms with Gasteiger partial charge in [-0.25, -0.2) is 0 Å². The van der Waals surface area contributed by atoms with E-state index in [1.54, 1.807) is 0 Å². The van der Waals surface area contributed by atoms with Gasteiger partial charge in [-0.15, -0.1) is 0 Å². The molecule has 0 spiro atoms. The van der Waals surface area contributed by atoms with Crippen LogP contribution in [0.4, 0.5) is 5.69 Å². The molecule has 0 aliphatic carbocycles. The zero-order chi connectivity index (χ0) is 9.64. The highest BCUT2D eigenvalue weighted by atomic mass is 35.5. The molecule has 0 saturated heterocycles. The largest absolute Gasteiger partial charge is 0.269 e. The van der Waals surface area contributed by atoms with Crippen molar-refractivity contribution in [2.45, 2.75) is 0 Å². The Kier molecular flexibility index (Phi) is 1.91. The highest BCUT2D eigenvalue weighted by molar-refractivity contribution is 6.42. The van der Waals surface area contributed by atoms with E-state index in [-0.39, 0.29) is 0 Å². The minimum atomic E-state index is 0.618. The Morgan fingerprint density at radius 3 is 2.38 bits per heavy atom. The number of hydrogen-bond donors (Lipinski definition) is 0. The molecule has 0 N–H and O–H groups in total. The maximum absolute atomic E-state index is 5.95. The molecule has 1 nitrogen and oxygen atoms in total. The molecule has 2 rings (SSSR count). The average molecular weight is 215 g/mol. The van der Waals surface area contributed by atoms with Gasteiger partial charge in [-0.05, 0) is 6.07 Å². The van der Waals surface area contributed by atoms with E-state index in [1.807, 2.05) is 12.1 Å². The molecule has 1 aliphatic rings. The summed E-state index contributed by atoms with van der Waals surface area (Å²) in [6, 6.07) is 3.84. The number of benzene rings is 1. The molecule has 0 fully saturated rings. The van der Waals surface area contributed by atoms with E-state index >= 15 is 0 Å². The molecule has 0 amide bonds. The van der Waals surface area contributed by atoms with Gasteiger partial charge in [-0.2, -0.15) is 0 Å². The normalized spacial score (nSPS) is 17.5. The first-order valence-corrected chi connectivity index (χ1v) is 4.79. The fraction of sp³-hybridized carbons (Fsp3) is 0.200. The molecule has 68 valence electrons. The number of hydrogen-bond acceptors (Lipinski definition) is 0. The molecule has 1 aromatic rings. The van der Waals surface area contributed by atoms with E-state index in [4.69, 9.17) is 23.2 Å². The number of fused-ring (bicyclic) bond motifs is 1. The Hall–Kier alpha value is -0.500. The molecule has 0 saturated carbocycles. The van der Waals surface area contributed by atoms with Gasteiger partial charge in [-0.3, -0.25) is 4.48 Å². The fourth-order valence-corrected chi connectivity index (χ4v) is 1.86. The number of rotatable bonds is 0. The minimum absolute atomic E-state index is 0.618. The Bertz CT molecular complexity index is 394. The van der Waals surface area contributed by atoms with Crippen LogP contribution in [0.15, 0.2) is 18.3 Å². The van der Waals surface area contributed by atoms with Crippen LogP contribution in [0, 0.1) is 0 Å². The SMILES string of the molecule is C[N+]1(C)C=Cc2cc(Cl)c(Cl)cc21. The summed E-state index contributed by atoms with van der Waals surface area (Å²) in [7, 11) is 4.21. The van der Waals surface area contributed by atoms with Crippen LogP contribution in [0.25, 0.3) is 6.08 Å². The van der Waals surface area contributed by atoms with E-state index in [9.17, 15) is 0 Å². The van der Waals surface area contributed by atoms with E-state index < -0.39 is 0 Å². The van der Waals surface area contributed by atoms with Crippen LogP contribution in [-0.4, -0.2) is 14.1 Å². The van der Waals surface area contributed by atoms with Crippen LogP contribution < -0.4 is 4.48 Å². The first-order valence-electron chi connectivity index (χ1n) is 4.03. The highest BCUT2D eigenvalue weighted by Gasteiger charge is 2.26. The lowest BCUT2D eigenvalue weighted by atomic mass is 10.2. The number of halogens is 2. The summed E-state index contributed by atoms with van der Waals surface area (Å²) in [5, 5.41) is 1.24. The molecule has 3 heteroatoms. The zero-order valence-electron chi connectivity index (χ0n) is 7.51. The quantitative estimate of drug-likeness (QED) is 0.580. The molecule has 13 heavy (non-hydrogen) atoms. The van der Waals surface area contributed by atoms with Crippen LogP contribution in [0.5, 0.6) is 0 Å². The average Bonchev–Trinajstić information content (AvgIpc) is 2.31. The summed E-state index contributed by atoms with van der Waals surface area (Å²) in [6.45, 7) is 0. The van der Waals surface area contributed by atoms with Crippen LogP contribution in [0.3, 0.4) is 0 Å². The second kappa shape index (κ2) is 2.74. The minimum Gasteiger partial charge on any atom is -0.269 e. The van der Waals surface area contributed by atoms with Crippen molar-refractivity contribution < 1.29 is 0 Å². The molecule has 0 atom stereocenters. The van der Waals surface area contributed by atoms with Gasteiger partial charge in [0, 0.05) is 17.7 Å². The van der Waals surface area contributed by atoms with E-state index in [0.717, 1.165) is 10.0 Å². The van der Waals surface area contributed by atoms with Crippen LogP contribution in [0.2, 0.25) is 10.0 Å². The Morgan fingerprint density at radius 1 is 1.08 bits per heavy atom. The van der Waals surface area contributed by atoms with E-state index in [2.05, 4.69) is 26.4 Å². The van der Waals surface area contributed by atoms with Crippen LogP contribution in [-0.2, 0) is 0 Å². The molecule has 0 bridgehead atoms. The lowest BCUT2D eigenvalue weighted by Crippen LogP contribution is -2.31. The maximum Gasteiger partial charge on any atom is 0.146 e. The smallest absolute Gasteiger partial charge is 0.146 e. The Balaban J connectivity index is 2.66. The third kappa shape index (κ3) is 1.37. The van der Waals surface area contributed by atoms with Crippen molar-refractivity contribution in [3.63, 3.8) is 0 Å². The second-order valence-corrected chi connectivity index (χ2v) is 4.50. The molecule has 1 heterocycles. The molecule has 1 aromatic carbocycles. The van der Waals surface area contributed by atoms with Crippen LogP contribution in [0.1, 0.15) is 5.56 Å². The fourth-order valence-electron chi connectivity index (χ4n) is 1.53. The summed E-state index contributed by atoms with van der Waals surface area (Å²) in [5.74, 6) is 0. The highest BCUT2D eigenvalue weighted by Crippen LogP contribution is 2.37. The van der Waals surface area contributed by atoms with Gasteiger partial charge in [0.05, 0.1) is 24.1 Å². The van der Waals surface area contributed by atoms with Gasteiger partial charge in [0.2, 0.25) is 0 Å². The van der Waals surface area contributed by atoms with Crippen molar-refractivity contribution in [3.8, 4) is 0 Å². The van der Waals surface area contributed by atoms with Crippen molar-refractivity contribution in [1.82, 2.24) is 4.48 Å². The lowest BCUT2D eigenvalue weighted by molar-refractivity contribution is 0.551. The molecule has 0 radical (unpaired) electrons. The monoisotopic (exact) mass is 214 g/mol. The van der Waals surface area contributed by atoms with Gasteiger partial charge in [0.15, 0.2) is 0 Å². The zero-order valence-corrected chi connectivity index (χ0v) is 9.02. The molecule has 0 unspecified atom stereocenters. The third-order valence-corrected chi connectivity index (χ3v) is 3.04. The molecule has 1 aliphatic heterocycles. The van der Waals surface area contributed by atoms with Crippen molar-refractivity contribution in [1.29, 1.82) is 0 Å². The predicted molar refractivity (Wildman–Crippen MR) is 59.1 cm³/mol. The standard InChI is InChI=1S/C10H10Cl2N/c1-13(2)4-3-7-5-8(11)9(12)6-10(7)13/h3-6H,1-2H3/q+1. The summed E-state index contributed by atoms with van der Waals surface area (Å²) >= 11 is 11.9. The van der Waals surface area contributed by atoms with Gasteiger partial charge in [0.1, 0.15) is 11.9 Å². The predicted octanol–water partition coefficient (Wildman–Crippen LogP) is 3.54. The molecular formula is C10H10Cl2N+. The van der Waals surface area contributed by atoms with Gasteiger partial charge >= 0.3 is 0 Å². The Labute approximate surface area is 87.8 Å². The first-order chi connectivity index (χ1) is 6.00. The van der Waals surface area contributed by atoms with Gasteiger partial charge in [0.25, 0.3) is 0 Å². The summed E-state index contributed by atoms with van der Waals surface area (Å²) < 4.78 is 0.728. The van der Waals surface area contributed by atoms with Crippen molar-refractivity contribution >= 4 is 35.0 Å². The molecule has 0 aromatic heterocycles. The lowest BCUT2D eigenvalue weighted by Gasteiger charge is -2.21. The van der Waals surface area contributed by atoms with Crippen LogP contribution >= 0.6 is 23.2 Å². The van der Waals surface area contributed by atoms with Crippen molar-refractivity contribution in [3.05, 3.63) is 33.9 Å². The third-order valence-electron chi connectivity index (χ3n) is 2.32. The summed E-state index contributed by atoms with van der Waals surface area (Å²) in [5.41, 5.74) is 2.34. The second-order valence-electron chi connectivity index (χ2n) is 3.68. The first kappa shape index (κ1) is 9.07. The van der Waals surface area contributed by atoms with E-state index in [0.29, 0.717) is 10.0 Å². The topological polar surface area (TPSA) is 0 Å². The Morgan fingerprint density at radius 2 is 1.69 bits per heavy atom. The summed E-state index contributed by atoms with van der Waals surface area (Å²) in [4.78, 5) is 0. The number of nitrogens with zero attached hydrogens (tertiary/aromatic N) is 1. The number of quaternary nitrogens is 1. The van der Waals surface area contributed by atoms with Crippen molar-refractivity contribution in [2.24, 2.45) is 0 Å². The van der Waals surface area contributed by atoms with Crippen molar-refractivity contribution in [2.75, 3.05) is 14.1 Å². The van der Waals surface area contributed by atoms with E-state index in [1.165, 1.54) is 5.69 Å². The maximum atomic E-state index is 5.95. The van der Waals surface area contributed by atoms with Gasteiger partial charge in [-0.1, -0.05) is 23.2 Å².